The van der Waals surface area contributed by atoms with E-state index in [9.17, 15) is 10.1 Å². The Morgan fingerprint density at radius 3 is 3.00 bits per heavy atom. The van der Waals surface area contributed by atoms with Gasteiger partial charge in [0.05, 0.1) is 24.2 Å². The van der Waals surface area contributed by atoms with E-state index in [1.165, 1.54) is 0 Å². The van der Waals surface area contributed by atoms with Crippen molar-refractivity contribution in [3.8, 4) is 5.75 Å². The van der Waals surface area contributed by atoms with E-state index < -0.39 is 4.92 Å². The zero-order valence-corrected chi connectivity index (χ0v) is 11.5. The quantitative estimate of drug-likeness (QED) is 0.436. The Morgan fingerprint density at radius 2 is 2.30 bits per heavy atom. The number of rotatable bonds is 7. The summed E-state index contributed by atoms with van der Waals surface area (Å²) >= 11 is 0. The van der Waals surface area contributed by atoms with Crippen molar-refractivity contribution >= 4 is 5.69 Å². The van der Waals surface area contributed by atoms with Crippen LogP contribution >= 0.6 is 0 Å². The van der Waals surface area contributed by atoms with E-state index in [4.69, 9.17) is 14.2 Å². The number of nitro groups is 1. The Hall–Kier alpha value is -1.66. The lowest BCUT2D eigenvalue weighted by atomic mass is 10.2. The van der Waals surface area contributed by atoms with Crippen LogP contribution in [0.1, 0.15) is 18.4 Å². The van der Waals surface area contributed by atoms with Gasteiger partial charge in [-0.05, 0) is 25.8 Å². The summed E-state index contributed by atoms with van der Waals surface area (Å²) in [5.74, 6) is 0.288. The molecule has 2 rings (SSSR count). The van der Waals surface area contributed by atoms with Crippen LogP contribution in [0.2, 0.25) is 0 Å². The van der Waals surface area contributed by atoms with Gasteiger partial charge in [-0.3, -0.25) is 10.1 Å². The zero-order valence-electron chi connectivity index (χ0n) is 11.5. The molecular formula is C14H19NO5. The van der Waals surface area contributed by atoms with Gasteiger partial charge in [0, 0.05) is 12.2 Å². The van der Waals surface area contributed by atoms with Crippen molar-refractivity contribution in [2.75, 3.05) is 26.4 Å². The third-order valence-corrected chi connectivity index (χ3v) is 3.20. The average Bonchev–Trinajstić information content (AvgIpc) is 2.91. The van der Waals surface area contributed by atoms with Crippen molar-refractivity contribution in [3.05, 3.63) is 33.9 Å². The first-order valence-corrected chi connectivity index (χ1v) is 6.74. The molecule has 0 bridgehead atoms. The van der Waals surface area contributed by atoms with Gasteiger partial charge in [-0.25, -0.2) is 0 Å². The number of ether oxygens (including phenoxy) is 3. The van der Waals surface area contributed by atoms with Crippen molar-refractivity contribution in [2.24, 2.45) is 0 Å². The van der Waals surface area contributed by atoms with Gasteiger partial charge in [0.15, 0.2) is 5.75 Å². The molecule has 0 radical (unpaired) electrons. The fraction of sp³-hybridized carbons (Fsp3) is 0.571. The Morgan fingerprint density at radius 1 is 1.45 bits per heavy atom. The summed E-state index contributed by atoms with van der Waals surface area (Å²) in [4.78, 5) is 10.6. The van der Waals surface area contributed by atoms with Gasteiger partial charge >= 0.3 is 5.69 Å². The molecule has 0 N–H and O–H groups in total. The molecule has 1 aliphatic rings. The fourth-order valence-electron chi connectivity index (χ4n) is 2.18. The number of nitrogens with zero attached hydrogens (tertiary/aromatic N) is 1. The lowest BCUT2D eigenvalue weighted by Gasteiger charge is -2.11. The summed E-state index contributed by atoms with van der Waals surface area (Å²) in [6.45, 7) is 3.74. The molecule has 0 aliphatic carbocycles. The summed E-state index contributed by atoms with van der Waals surface area (Å²) in [5.41, 5.74) is 0.611. The summed E-state index contributed by atoms with van der Waals surface area (Å²) in [6.07, 6.45) is 2.30. The zero-order chi connectivity index (χ0) is 14.4. The van der Waals surface area contributed by atoms with Crippen molar-refractivity contribution in [2.45, 2.75) is 25.9 Å². The highest BCUT2D eigenvalue weighted by atomic mass is 16.6. The predicted molar refractivity (Wildman–Crippen MR) is 73.1 cm³/mol. The maximum atomic E-state index is 11.0. The number of hydrogen-bond acceptors (Lipinski definition) is 5. The van der Waals surface area contributed by atoms with Crippen molar-refractivity contribution < 1.29 is 19.1 Å². The van der Waals surface area contributed by atoms with Crippen LogP contribution in [0.5, 0.6) is 5.75 Å². The smallest absolute Gasteiger partial charge is 0.313 e. The highest BCUT2D eigenvalue weighted by Gasteiger charge is 2.18. The molecule has 110 valence electrons. The van der Waals surface area contributed by atoms with Gasteiger partial charge in [-0.2, -0.15) is 0 Å². The van der Waals surface area contributed by atoms with E-state index in [0.717, 1.165) is 19.4 Å². The minimum absolute atomic E-state index is 0.0200. The maximum absolute atomic E-state index is 11.0. The molecule has 0 aromatic heterocycles. The minimum atomic E-state index is -0.419. The largest absolute Gasteiger partial charge is 0.484 e. The average molecular weight is 281 g/mol. The Labute approximate surface area is 117 Å². The van der Waals surface area contributed by atoms with E-state index in [1.807, 2.05) is 0 Å². The van der Waals surface area contributed by atoms with E-state index in [-0.39, 0.29) is 24.1 Å². The molecular weight excluding hydrogens is 262 g/mol. The second-order valence-corrected chi connectivity index (χ2v) is 4.74. The predicted octanol–water partition coefficient (Wildman–Crippen LogP) is 2.48. The topological polar surface area (TPSA) is 70.8 Å². The number of hydrogen-bond donors (Lipinski definition) is 0. The first-order chi connectivity index (χ1) is 9.68. The molecule has 1 heterocycles. The van der Waals surface area contributed by atoms with Crippen LogP contribution in [0.3, 0.4) is 0 Å². The Kier molecular flexibility index (Phi) is 5.31. The molecule has 1 fully saturated rings. The maximum Gasteiger partial charge on any atom is 0.313 e. The first-order valence-electron chi connectivity index (χ1n) is 6.74. The van der Waals surface area contributed by atoms with Crippen LogP contribution in [-0.2, 0) is 9.47 Å². The second kappa shape index (κ2) is 7.21. The highest BCUT2D eigenvalue weighted by Crippen LogP contribution is 2.29. The molecule has 1 saturated heterocycles. The molecule has 0 amide bonds. The molecule has 0 saturated carbocycles. The molecule has 6 nitrogen and oxygen atoms in total. The molecule has 1 aliphatic heterocycles. The second-order valence-electron chi connectivity index (χ2n) is 4.74. The van der Waals surface area contributed by atoms with Crippen molar-refractivity contribution in [1.82, 2.24) is 0 Å². The van der Waals surface area contributed by atoms with E-state index in [2.05, 4.69) is 0 Å². The SMILES string of the molecule is Cc1cccc(OCCOC[C@H]2CCCO2)c1[N+](=O)[O-]. The van der Waals surface area contributed by atoms with Crippen molar-refractivity contribution in [1.29, 1.82) is 0 Å². The van der Waals surface area contributed by atoms with Gasteiger partial charge < -0.3 is 14.2 Å². The van der Waals surface area contributed by atoms with Crippen LogP contribution in [0.15, 0.2) is 18.2 Å². The third kappa shape index (κ3) is 3.91. The van der Waals surface area contributed by atoms with E-state index in [1.54, 1.807) is 25.1 Å². The first kappa shape index (κ1) is 14.7. The lowest BCUT2D eigenvalue weighted by Crippen LogP contribution is -2.17. The normalized spacial score (nSPS) is 18.1. The summed E-state index contributed by atoms with van der Waals surface area (Å²) in [7, 11) is 0. The van der Waals surface area contributed by atoms with Crippen LogP contribution in [0.4, 0.5) is 5.69 Å². The Bertz CT molecular complexity index is 457. The van der Waals surface area contributed by atoms with Crippen molar-refractivity contribution in [3.63, 3.8) is 0 Å². The van der Waals surface area contributed by atoms with Crippen LogP contribution in [0, 0.1) is 17.0 Å². The Balaban J connectivity index is 1.76. The molecule has 6 heteroatoms. The standard InChI is InChI=1S/C14H19NO5/c1-11-4-2-6-13(14(11)15(16)17)20-9-8-18-10-12-5-3-7-19-12/h2,4,6,12H,3,5,7-10H2,1H3/t12-/m1/s1. The highest BCUT2D eigenvalue weighted by molar-refractivity contribution is 5.51. The summed E-state index contributed by atoms with van der Waals surface area (Å²) in [6, 6.07) is 5.04. The molecule has 1 aromatic carbocycles. The molecule has 20 heavy (non-hydrogen) atoms. The summed E-state index contributed by atoms with van der Waals surface area (Å²) < 4.78 is 16.3. The van der Waals surface area contributed by atoms with Gasteiger partial charge in [-0.15, -0.1) is 0 Å². The van der Waals surface area contributed by atoms with Crippen LogP contribution < -0.4 is 4.74 Å². The van der Waals surface area contributed by atoms with Gasteiger partial charge in [-0.1, -0.05) is 12.1 Å². The monoisotopic (exact) mass is 281 g/mol. The van der Waals surface area contributed by atoms with Crippen LogP contribution in [-0.4, -0.2) is 37.5 Å². The van der Waals surface area contributed by atoms with Crippen LogP contribution in [0.25, 0.3) is 0 Å². The third-order valence-electron chi connectivity index (χ3n) is 3.20. The molecule has 1 aromatic rings. The van der Waals surface area contributed by atoms with Gasteiger partial charge in [0.2, 0.25) is 0 Å². The number of nitro benzene ring substituents is 1. The van der Waals surface area contributed by atoms with Gasteiger partial charge in [0.25, 0.3) is 0 Å². The van der Waals surface area contributed by atoms with Gasteiger partial charge in [0.1, 0.15) is 6.61 Å². The molecule has 0 unspecified atom stereocenters. The minimum Gasteiger partial charge on any atom is -0.484 e. The number of aryl methyl sites for hydroxylation is 1. The molecule has 1 atom stereocenters. The number of para-hydroxylation sites is 1. The molecule has 0 spiro atoms. The van der Waals surface area contributed by atoms with E-state index in [0.29, 0.717) is 18.8 Å². The summed E-state index contributed by atoms with van der Waals surface area (Å²) in [5, 5.41) is 11.0. The fourth-order valence-corrected chi connectivity index (χ4v) is 2.18. The number of benzene rings is 1. The van der Waals surface area contributed by atoms with E-state index >= 15 is 0 Å². The lowest BCUT2D eigenvalue weighted by molar-refractivity contribution is -0.386.